The molecule has 0 aliphatic rings. The summed E-state index contributed by atoms with van der Waals surface area (Å²) in [6, 6.07) is 27.1. The maximum Gasteiger partial charge on any atom is 0.251 e. The lowest BCUT2D eigenvalue weighted by atomic mass is 9.82. The van der Waals surface area contributed by atoms with Crippen molar-refractivity contribution >= 4 is 22.5 Å². The van der Waals surface area contributed by atoms with Crippen molar-refractivity contribution in [2.45, 2.75) is 18.6 Å². The minimum Gasteiger partial charge on any atom is -0.374 e. The summed E-state index contributed by atoms with van der Waals surface area (Å²) in [6.07, 6.45) is 6.40. The van der Waals surface area contributed by atoms with Crippen LogP contribution in [0.25, 0.3) is 22.0 Å². The van der Waals surface area contributed by atoms with Gasteiger partial charge in [0.25, 0.3) is 5.56 Å². The zero-order valence-corrected chi connectivity index (χ0v) is 25.2. The Kier molecular flexibility index (Phi) is 7.79. The van der Waals surface area contributed by atoms with Crippen LogP contribution in [0, 0.1) is 0 Å². The summed E-state index contributed by atoms with van der Waals surface area (Å²) in [7, 11) is 5.69. The Morgan fingerprint density at radius 1 is 0.907 bits per heavy atom. The monoisotopic (exact) mass is 591 g/mol. The highest BCUT2D eigenvalue weighted by atomic mass is 35.5. The first-order valence-electron chi connectivity index (χ1n) is 14.3. The van der Waals surface area contributed by atoms with Gasteiger partial charge in [-0.3, -0.25) is 4.79 Å². The van der Waals surface area contributed by atoms with Gasteiger partial charge >= 0.3 is 0 Å². The van der Waals surface area contributed by atoms with Gasteiger partial charge in [-0.15, -0.1) is 0 Å². The van der Waals surface area contributed by atoms with Crippen LogP contribution >= 0.6 is 11.6 Å². The smallest absolute Gasteiger partial charge is 0.251 e. The molecule has 0 aliphatic carbocycles. The largest absolute Gasteiger partial charge is 0.374 e. The van der Waals surface area contributed by atoms with Crippen LogP contribution in [-0.4, -0.2) is 30.3 Å². The number of rotatable bonds is 9. The Labute approximate surface area is 255 Å². The lowest BCUT2D eigenvalue weighted by Crippen LogP contribution is -2.31. The van der Waals surface area contributed by atoms with Gasteiger partial charge in [0.05, 0.1) is 23.7 Å². The van der Waals surface area contributed by atoms with E-state index in [1.165, 1.54) is 5.69 Å². The van der Waals surface area contributed by atoms with Crippen LogP contribution in [0.15, 0.2) is 108 Å². The first-order chi connectivity index (χ1) is 20.8. The average Bonchev–Trinajstić information content (AvgIpc) is 3.64. The topological polar surface area (TPSA) is 77.0 Å². The average molecular weight is 592 g/mol. The number of halogens is 1. The van der Waals surface area contributed by atoms with Crippen molar-refractivity contribution in [1.82, 2.24) is 24.0 Å². The van der Waals surface area contributed by atoms with Crippen molar-refractivity contribution in [1.29, 1.82) is 0 Å². The van der Waals surface area contributed by atoms with Gasteiger partial charge in [0.15, 0.2) is 5.60 Å². The summed E-state index contributed by atoms with van der Waals surface area (Å²) in [5.74, 6) is 0. The lowest BCUT2D eigenvalue weighted by molar-refractivity contribution is 0.117. The molecule has 6 rings (SSSR count). The van der Waals surface area contributed by atoms with Gasteiger partial charge in [0.1, 0.15) is 0 Å². The number of aliphatic hydroxyl groups is 1. The summed E-state index contributed by atoms with van der Waals surface area (Å²) >= 11 is 6.33. The fourth-order valence-electron chi connectivity index (χ4n) is 5.82. The Balaban J connectivity index is 1.39. The van der Waals surface area contributed by atoms with Crippen molar-refractivity contribution in [3.05, 3.63) is 147 Å². The second-order valence-corrected chi connectivity index (χ2v) is 11.5. The fraction of sp³-hybridized carbons (Fsp3) is 0.200. The van der Waals surface area contributed by atoms with E-state index in [1.807, 2.05) is 78.3 Å². The third-order valence-electron chi connectivity index (χ3n) is 8.30. The van der Waals surface area contributed by atoms with Crippen LogP contribution in [0.4, 0.5) is 0 Å². The van der Waals surface area contributed by atoms with Crippen molar-refractivity contribution in [2.75, 3.05) is 6.54 Å². The van der Waals surface area contributed by atoms with Crippen molar-refractivity contribution in [3.8, 4) is 11.1 Å². The van der Waals surface area contributed by atoms with Crippen LogP contribution in [0.3, 0.4) is 0 Å². The zero-order chi connectivity index (χ0) is 30.1. The molecule has 0 radical (unpaired) electrons. The normalized spacial score (nSPS) is 13.0. The zero-order valence-electron chi connectivity index (χ0n) is 24.5. The lowest BCUT2D eigenvalue weighted by Gasteiger charge is -2.30. The molecular formula is C35H34ClN5O2. The van der Waals surface area contributed by atoms with E-state index in [2.05, 4.69) is 40.2 Å². The van der Waals surface area contributed by atoms with E-state index >= 15 is 0 Å². The van der Waals surface area contributed by atoms with Crippen molar-refractivity contribution in [3.63, 3.8) is 0 Å². The van der Waals surface area contributed by atoms with Crippen LogP contribution in [0.1, 0.15) is 28.1 Å². The number of nitrogens with zero attached hydrogens (tertiary/aromatic N) is 4. The molecule has 0 aliphatic heterocycles. The van der Waals surface area contributed by atoms with Gasteiger partial charge in [0.2, 0.25) is 0 Å². The van der Waals surface area contributed by atoms with Gasteiger partial charge in [0, 0.05) is 69.0 Å². The fourth-order valence-corrected chi connectivity index (χ4v) is 6.01. The van der Waals surface area contributed by atoms with E-state index in [-0.39, 0.29) is 5.56 Å². The maximum atomic E-state index is 12.9. The van der Waals surface area contributed by atoms with Crippen LogP contribution < -0.4 is 10.9 Å². The number of imidazole rings is 1. The number of aromatic nitrogens is 4. The third-order valence-corrected chi connectivity index (χ3v) is 8.53. The summed E-state index contributed by atoms with van der Waals surface area (Å²) < 4.78 is 5.60. The highest BCUT2D eigenvalue weighted by Gasteiger charge is 2.37. The van der Waals surface area contributed by atoms with Gasteiger partial charge < -0.3 is 24.1 Å². The number of fused-ring (bicyclic) bond motifs is 1. The quantitative estimate of drug-likeness (QED) is 0.216. The number of hydrogen-bond acceptors (Lipinski definition) is 4. The van der Waals surface area contributed by atoms with E-state index < -0.39 is 5.60 Å². The van der Waals surface area contributed by atoms with E-state index in [4.69, 9.17) is 11.6 Å². The van der Waals surface area contributed by atoms with Gasteiger partial charge in [-0.25, -0.2) is 4.98 Å². The molecule has 0 saturated heterocycles. The second kappa shape index (κ2) is 11.7. The molecule has 3 aromatic carbocycles. The Bertz CT molecular complexity index is 1970. The first-order valence-corrected chi connectivity index (χ1v) is 14.6. The molecule has 3 heterocycles. The highest BCUT2D eigenvalue weighted by Crippen LogP contribution is 2.39. The number of nitrogens with one attached hydrogen (secondary N) is 1. The minimum atomic E-state index is -1.50. The molecule has 7 nitrogen and oxygen atoms in total. The molecule has 8 heteroatoms. The van der Waals surface area contributed by atoms with E-state index in [9.17, 15) is 9.90 Å². The first kappa shape index (κ1) is 28.7. The molecule has 6 aromatic rings. The molecule has 0 bridgehead atoms. The Morgan fingerprint density at radius 3 is 2.40 bits per heavy atom. The van der Waals surface area contributed by atoms with E-state index in [0.717, 1.165) is 52.7 Å². The minimum absolute atomic E-state index is 0.120. The van der Waals surface area contributed by atoms with Crippen molar-refractivity contribution in [2.24, 2.45) is 21.1 Å². The van der Waals surface area contributed by atoms with Crippen LogP contribution in [-0.2, 0) is 39.7 Å². The molecule has 1 unspecified atom stereocenters. The number of pyridine rings is 1. The Hall–Kier alpha value is -4.43. The third kappa shape index (κ3) is 5.43. The molecule has 0 fully saturated rings. The number of benzene rings is 3. The molecule has 0 amide bonds. The molecular weight excluding hydrogens is 558 g/mol. The van der Waals surface area contributed by atoms with Crippen molar-refractivity contribution < 1.29 is 5.11 Å². The molecule has 2 N–H and O–H groups in total. The summed E-state index contributed by atoms with van der Waals surface area (Å²) in [5.41, 5.74) is 5.16. The molecule has 3 aromatic heterocycles. The predicted molar refractivity (Wildman–Crippen MR) is 172 cm³/mol. The molecule has 1 atom stereocenters. The van der Waals surface area contributed by atoms with Crippen LogP contribution in [0.2, 0.25) is 5.02 Å². The van der Waals surface area contributed by atoms with Gasteiger partial charge in [-0.05, 0) is 64.2 Å². The SMILES string of the molecule is Cn1cccc1CCNCc1ccc(C(O)(c2ccc3c(c2)c(-c2cccc(Cl)c2)cc(=O)n3C)c2cncn2C)cc1. The predicted octanol–water partition coefficient (Wildman–Crippen LogP) is 5.55. The molecule has 0 saturated carbocycles. The molecule has 218 valence electrons. The molecule has 43 heavy (non-hydrogen) atoms. The van der Waals surface area contributed by atoms with Gasteiger partial charge in [-0.2, -0.15) is 0 Å². The standard InChI is InChI=1S/C35H34ClN5O2/c1-39-17-5-8-29(39)15-16-37-21-24-9-11-26(12-10-24)35(43,33-22-38-23-40(33)2)27-13-14-32-31(19-27)30(20-34(42)41(32)3)25-6-4-7-28(36)18-25/h4-14,17-20,22-23,37,43H,15-16,21H2,1-3H3. The summed E-state index contributed by atoms with van der Waals surface area (Å²) in [6.45, 7) is 1.59. The number of aryl methyl sites for hydroxylation is 3. The summed E-state index contributed by atoms with van der Waals surface area (Å²) in [4.78, 5) is 17.2. The Morgan fingerprint density at radius 2 is 1.70 bits per heavy atom. The highest BCUT2D eigenvalue weighted by molar-refractivity contribution is 6.30. The molecule has 0 spiro atoms. The van der Waals surface area contributed by atoms with E-state index in [0.29, 0.717) is 16.3 Å². The summed E-state index contributed by atoms with van der Waals surface area (Å²) in [5, 5.41) is 17.6. The van der Waals surface area contributed by atoms with Gasteiger partial charge in [-0.1, -0.05) is 54.1 Å². The maximum absolute atomic E-state index is 12.9. The second-order valence-electron chi connectivity index (χ2n) is 11.0. The van der Waals surface area contributed by atoms with E-state index in [1.54, 1.807) is 30.2 Å². The number of hydrogen-bond donors (Lipinski definition) is 2. The van der Waals surface area contributed by atoms with Crippen LogP contribution in [0.5, 0.6) is 0 Å².